The highest BCUT2D eigenvalue weighted by molar-refractivity contribution is 5.99. The first kappa shape index (κ1) is 14.1. The summed E-state index contributed by atoms with van der Waals surface area (Å²) in [4.78, 5) is 26.9. The Labute approximate surface area is 124 Å². The summed E-state index contributed by atoms with van der Waals surface area (Å²) in [7, 11) is 1.85. The normalized spacial score (nSPS) is 25.2. The Morgan fingerprint density at radius 3 is 2.67 bits per heavy atom. The zero-order valence-corrected chi connectivity index (χ0v) is 12.6. The van der Waals surface area contributed by atoms with E-state index in [4.69, 9.17) is 0 Å². The number of nitrogens with one attached hydrogen (secondary N) is 1. The molecule has 1 unspecified atom stereocenters. The second kappa shape index (κ2) is 5.16. The van der Waals surface area contributed by atoms with Gasteiger partial charge >= 0.3 is 0 Å². The summed E-state index contributed by atoms with van der Waals surface area (Å²) >= 11 is 0. The first-order valence-corrected chi connectivity index (χ1v) is 7.63. The van der Waals surface area contributed by atoms with Gasteiger partial charge in [0.25, 0.3) is 0 Å². The first-order valence-electron chi connectivity index (χ1n) is 7.63. The molecule has 3 rings (SSSR count). The summed E-state index contributed by atoms with van der Waals surface area (Å²) in [5.41, 5.74) is 0.148. The Kier molecular flexibility index (Phi) is 3.47. The van der Waals surface area contributed by atoms with Crippen LogP contribution in [0.2, 0.25) is 0 Å². The number of piperazine rings is 1. The van der Waals surface area contributed by atoms with Crippen molar-refractivity contribution in [3.8, 4) is 0 Å². The van der Waals surface area contributed by atoms with Gasteiger partial charge in [0.2, 0.25) is 11.8 Å². The van der Waals surface area contributed by atoms with E-state index in [-0.39, 0.29) is 11.8 Å². The average Bonchev–Trinajstić information content (AvgIpc) is 2.88. The molecule has 1 saturated carbocycles. The minimum Gasteiger partial charge on any atom is -0.340 e. The Morgan fingerprint density at radius 1 is 1.33 bits per heavy atom. The van der Waals surface area contributed by atoms with Gasteiger partial charge in [0.1, 0.15) is 11.6 Å². The number of nitrogens with zero attached hydrogens (tertiary/aromatic N) is 3. The van der Waals surface area contributed by atoms with Gasteiger partial charge in [0.15, 0.2) is 0 Å². The van der Waals surface area contributed by atoms with Crippen molar-refractivity contribution in [2.75, 3.05) is 0 Å². The largest absolute Gasteiger partial charge is 0.340 e. The van der Waals surface area contributed by atoms with Gasteiger partial charge in [-0.05, 0) is 25.8 Å². The smallest absolute Gasteiger partial charge is 0.249 e. The van der Waals surface area contributed by atoms with Crippen LogP contribution < -0.4 is 5.32 Å². The van der Waals surface area contributed by atoms with Crippen LogP contribution in [0.25, 0.3) is 0 Å². The van der Waals surface area contributed by atoms with Crippen molar-refractivity contribution in [2.45, 2.75) is 57.2 Å². The van der Waals surface area contributed by atoms with E-state index in [1.165, 1.54) is 0 Å². The van der Waals surface area contributed by atoms with Gasteiger partial charge in [-0.25, -0.2) is 0 Å². The predicted octanol–water partition coefficient (Wildman–Crippen LogP) is 0.970. The van der Waals surface area contributed by atoms with Crippen LogP contribution >= 0.6 is 0 Å². The van der Waals surface area contributed by atoms with Crippen molar-refractivity contribution in [2.24, 2.45) is 7.05 Å². The minimum absolute atomic E-state index is 0.0487. The maximum atomic E-state index is 12.9. The molecule has 1 spiro atoms. The molecule has 6 nitrogen and oxygen atoms in total. The van der Waals surface area contributed by atoms with Crippen LogP contribution in [0, 0.1) is 0 Å². The molecule has 2 amide bonds. The third kappa shape index (κ3) is 2.43. The van der Waals surface area contributed by atoms with E-state index in [1.807, 2.05) is 19.3 Å². The number of amides is 2. The molecule has 2 fully saturated rings. The van der Waals surface area contributed by atoms with Crippen LogP contribution in [-0.2, 0) is 23.2 Å². The van der Waals surface area contributed by atoms with Gasteiger partial charge in [0.05, 0.1) is 12.2 Å². The third-order valence-corrected chi connectivity index (χ3v) is 4.69. The van der Waals surface area contributed by atoms with E-state index >= 15 is 0 Å². The molecule has 21 heavy (non-hydrogen) atoms. The SMILES string of the molecule is CC1C(=O)NC2(CCCCC2)C(=O)N1Cc1ccn(C)n1. The quantitative estimate of drug-likeness (QED) is 0.882. The van der Waals surface area contributed by atoms with Gasteiger partial charge in [-0.1, -0.05) is 19.3 Å². The van der Waals surface area contributed by atoms with Crippen LogP contribution in [0.4, 0.5) is 0 Å². The lowest BCUT2D eigenvalue weighted by atomic mass is 9.78. The Morgan fingerprint density at radius 2 is 2.05 bits per heavy atom. The summed E-state index contributed by atoms with van der Waals surface area (Å²) in [5.74, 6) is 0.00684. The first-order chi connectivity index (χ1) is 10.0. The third-order valence-electron chi connectivity index (χ3n) is 4.69. The summed E-state index contributed by atoms with van der Waals surface area (Å²) in [5, 5.41) is 7.32. The standard InChI is InChI=1S/C15H22N4O2/c1-11-13(20)16-15(7-4-3-5-8-15)14(21)19(11)10-12-6-9-18(2)17-12/h6,9,11H,3-5,7-8,10H2,1-2H3,(H,16,20). The number of hydrogen-bond donors (Lipinski definition) is 1. The molecule has 1 aromatic rings. The van der Waals surface area contributed by atoms with Crippen molar-refractivity contribution >= 4 is 11.8 Å². The van der Waals surface area contributed by atoms with E-state index in [2.05, 4.69) is 10.4 Å². The molecule has 1 aliphatic heterocycles. The molecule has 1 N–H and O–H groups in total. The lowest BCUT2D eigenvalue weighted by Gasteiger charge is -2.46. The van der Waals surface area contributed by atoms with E-state index < -0.39 is 11.6 Å². The zero-order valence-electron chi connectivity index (χ0n) is 12.6. The topological polar surface area (TPSA) is 67.2 Å². The maximum Gasteiger partial charge on any atom is 0.249 e. The van der Waals surface area contributed by atoms with Crippen molar-refractivity contribution < 1.29 is 9.59 Å². The number of aryl methyl sites for hydroxylation is 1. The number of rotatable bonds is 2. The fourth-order valence-electron chi connectivity index (χ4n) is 3.41. The minimum atomic E-state index is -0.670. The monoisotopic (exact) mass is 290 g/mol. The van der Waals surface area contributed by atoms with E-state index in [1.54, 1.807) is 16.5 Å². The highest BCUT2D eigenvalue weighted by Crippen LogP contribution is 2.33. The van der Waals surface area contributed by atoms with Gasteiger partial charge in [0, 0.05) is 13.2 Å². The Balaban J connectivity index is 1.86. The molecule has 1 saturated heterocycles. The van der Waals surface area contributed by atoms with Gasteiger partial charge < -0.3 is 10.2 Å². The molecule has 2 aliphatic rings. The Hall–Kier alpha value is -1.85. The molecular weight excluding hydrogens is 268 g/mol. The van der Waals surface area contributed by atoms with Crippen molar-refractivity contribution in [3.05, 3.63) is 18.0 Å². The molecule has 1 aliphatic carbocycles. The molecule has 2 heterocycles. The number of aromatic nitrogens is 2. The maximum absolute atomic E-state index is 12.9. The summed E-state index contributed by atoms with van der Waals surface area (Å²) in [6, 6.07) is 1.45. The summed E-state index contributed by atoms with van der Waals surface area (Å²) in [6.07, 6.45) is 6.49. The fraction of sp³-hybridized carbons (Fsp3) is 0.667. The highest BCUT2D eigenvalue weighted by atomic mass is 16.2. The van der Waals surface area contributed by atoms with Crippen molar-refractivity contribution in [3.63, 3.8) is 0 Å². The lowest BCUT2D eigenvalue weighted by Crippen LogP contribution is -2.69. The van der Waals surface area contributed by atoms with Crippen LogP contribution in [0.3, 0.4) is 0 Å². The highest BCUT2D eigenvalue weighted by Gasteiger charge is 2.49. The second-order valence-electron chi connectivity index (χ2n) is 6.22. The summed E-state index contributed by atoms with van der Waals surface area (Å²) in [6.45, 7) is 2.18. The predicted molar refractivity (Wildman–Crippen MR) is 77.2 cm³/mol. The number of carbonyl (C=O) groups excluding carboxylic acids is 2. The van der Waals surface area contributed by atoms with Crippen molar-refractivity contribution in [1.82, 2.24) is 20.0 Å². The van der Waals surface area contributed by atoms with E-state index in [0.29, 0.717) is 6.54 Å². The molecular formula is C15H22N4O2. The number of carbonyl (C=O) groups is 2. The lowest BCUT2D eigenvalue weighted by molar-refractivity contribution is -0.156. The zero-order chi connectivity index (χ0) is 15.0. The molecule has 1 aromatic heterocycles. The van der Waals surface area contributed by atoms with Crippen LogP contribution in [-0.4, -0.2) is 38.1 Å². The van der Waals surface area contributed by atoms with Gasteiger partial charge in [-0.2, -0.15) is 5.10 Å². The van der Waals surface area contributed by atoms with Gasteiger partial charge in [-0.15, -0.1) is 0 Å². The fourth-order valence-corrected chi connectivity index (χ4v) is 3.41. The van der Waals surface area contributed by atoms with Gasteiger partial charge in [-0.3, -0.25) is 14.3 Å². The molecule has 0 radical (unpaired) electrons. The molecule has 1 atom stereocenters. The van der Waals surface area contributed by atoms with E-state index in [9.17, 15) is 9.59 Å². The summed E-state index contributed by atoms with van der Waals surface area (Å²) < 4.78 is 1.71. The molecule has 0 aromatic carbocycles. The average molecular weight is 290 g/mol. The molecule has 114 valence electrons. The number of hydrogen-bond acceptors (Lipinski definition) is 3. The van der Waals surface area contributed by atoms with Crippen LogP contribution in [0.1, 0.15) is 44.7 Å². The second-order valence-corrected chi connectivity index (χ2v) is 6.22. The van der Waals surface area contributed by atoms with Crippen LogP contribution in [0.5, 0.6) is 0 Å². The van der Waals surface area contributed by atoms with E-state index in [0.717, 1.165) is 37.8 Å². The molecule has 6 heteroatoms. The Bertz CT molecular complexity index is 560. The van der Waals surface area contributed by atoms with Crippen molar-refractivity contribution in [1.29, 1.82) is 0 Å². The van der Waals surface area contributed by atoms with Crippen LogP contribution in [0.15, 0.2) is 12.3 Å². The molecule has 0 bridgehead atoms.